The van der Waals surface area contributed by atoms with Gasteiger partial charge in [-0.25, -0.2) is 0 Å². The molecule has 0 aromatic rings. The molecule has 74 valence electrons. The largest absolute Gasteiger partial charge is 0.679 e. The molecule has 0 saturated carbocycles. The summed E-state index contributed by atoms with van der Waals surface area (Å²) in [7, 11) is 13.4. The van der Waals surface area contributed by atoms with Crippen molar-refractivity contribution in [1.29, 1.82) is 0 Å². The van der Waals surface area contributed by atoms with E-state index < -0.39 is 10.9 Å². The van der Waals surface area contributed by atoms with Gasteiger partial charge in [0.1, 0.15) is 0 Å². The van der Waals surface area contributed by atoms with Crippen LogP contribution in [0.25, 0.3) is 16.8 Å². The van der Waals surface area contributed by atoms with Gasteiger partial charge in [-0.15, -0.1) is 0 Å². The van der Waals surface area contributed by atoms with E-state index in [0.717, 1.165) is 0 Å². The van der Waals surface area contributed by atoms with E-state index in [1.54, 1.807) is 0 Å². The van der Waals surface area contributed by atoms with E-state index in [1.165, 1.54) is 0 Å². The minimum atomic E-state index is -1.19. The normalized spacial score (nSPS) is 10.1. The smallest absolute Gasteiger partial charge is 0.169 e. The van der Waals surface area contributed by atoms with Gasteiger partial charge >= 0.3 is 41.4 Å². The molecule has 0 radical (unpaired) electrons. The van der Waals surface area contributed by atoms with Crippen molar-refractivity contribution in [3.05, 3.63) is 16.8 Å². The number of halogens is 3. The van der Waals surface area contributed by atoms with Crippen LogP contribution in [0.5, 0.6) is 0 Å². The summed E-state index contributed by atoms with van der Waals surface area (Å²) in [5.41, 5.74) is 13.3. The third kappa shape index (κ3) is 34.9. The van der Waals surface area contributed by atoms with Crippen LogP contribution < -0.4 is 0 Å². The van der Waals surface area contributed by atoms with E-state index in [2.05, 4.69) is 5.32 Å². The molecule has 0 aliphatic heterocycles. The molecule has 0 heterocycles. The van der Waals surface area contributed by atoms with E-state index in [-0.39, 0.29) is 0 Å². The van der Waals surface area contributed by atoms with Crippen molar-refractivity contribution in [2.24, 2.45) is 0 Å². The summed E-state index contributed by atoms with van der Waals surface area (Å²) in [4.78, 5) is 0. The Hall–Kier alpha value is 1.26. The maximum atomic E-state index is 6.63. The van der Waals surface area contributed by atoms with Crippen molar-refractivity contribution in [1.82, 2.24) is 0 Å². The van der Waals surface area contributed by atoms with E-state index in [1.807, 2.05) is 0 Å². The predicted octanol–water partition coefficient (Wildman–Crippen LogP) is 3.53. The van der Waals surface area contributed by atoms with Gasteiger partial charge in [-0.3, -0.25) is 0 Å². The molecule has 0 unspecified atom stereocenters. The van der Waals surface area contributed by atoms with Gasteiger partial charge in [0.15, 0.2) is 0 Å². The molecule has 0 aliphatic rings. The molecule has 0 aromatic carbocycles. The number of nitrogens with one attached hydrogen (secondary N) is 2. The number of hydrogen-bond donors (Lipinski definition) is 0. The van der Waals surface area contributed by atoms with Crippen LogP contribution in [0.2, 0.25) is 0 Å². The van der Waals surface area contributed by atoms with Gasteiger partial charge in [0.2, 0.25) is 0 Å². The topological polar surface area (TPSA) is 61.7 Å². The second-order valence-corrected chi connectivity index (χ2v) is 6.47. The third-order valence-corrected chi connectivity index (χ3v) is 0.540. The van der Waals surface area contributed by atoms with Crippen LogP contribution in [0.4, 0.5) is 0 Å². The van der Waals surface area contributed by atoms with Gasteiger partial charge in [0.25, 0.3) is 0 Å². The molecule has 0 bridgehead atoms. The molecular weight excluding hydrogens is 255 g/mol. The standard InChI is InChI=1S/C4H10N3.3ClH.Co/c5-1-3-7-4-2-6;;;;/h5-6H,1-4H2;3*1H;/q-3;;;;+3/p-3. The van der Waals surface area contributed by atoms with Crippen LogP contribution in [-0.2, 0) is 10.9 Å². The van der Waals surface area contributed by atoms with Crippen molar-refractivity contribution < 1.29 is 10.9 Å². The first-order chi connectivity index (χ1) is 5.15. The van der Waals surface area contributed by atoms with Crippen LogP contribution in [0.1, 0.15) is 0 Å². The Morgan fingerprint density at radius 2 is 1.27 bits per heavy atom. The summed E-state index contributed by atoms with van der Waals surface area (Å²) in [6, 6.07) is 0. The quantitative estimate of drug-likeness (QED) is 0.698. The minimum Gasteiger partial charge on any atom is -0.679 e. The summed E-state index contributed by atoms with van der Waals surface area (Å²) in [6.07, 6.45) is 0. The van der Waals surface area contributed by atoms with Gasteiger partial charge in [0, 0.05) is 0 Å². The van der Waals surface area contributed by atoms with Crippen molar-refractivity contribution in [2.45, 2.75) is 0 Å². The third-order valence-electron chi connectivity index (χ3n) is 0.540. The van der Waals surface area contributed by atoms with Crippen molar-refractivity contribution in [3.8, 4) is 0 Å². The Balaban J connectivity index is 0. The van der Waals surface area contributed by atoms with Gasteiger partial charge < -0.3 is 16.8 Å². The van der Waals surface area contributed by atoms with Crippen molar-refractivity contribution in [2.75, 3.05) is 26.2 Å². The Morgan fingerprint density at radius 1 is 1.00 bits per heavy atom. The van der Waals surface area contributed by atoms with E-state index in [4.69, 9.17) is 41.9 Å². The van der Waals surface area contributed by atoms with Crippen LogP contribution in [0.3, 0.4) is 0 Å². The minimum absolute atomic E-state index is 0.361. The molecule has 0 fully saturated rings. The van der Waals surface area contributed by atoms with Gasteiger partial charge in [-0.2, -0.15) is 26.2 Å². The van der Waals surface area contributed by atoms with E-state index >= 15 is 0 Å². The van der Waals surface area contributed by atoms with E-state index in [0.29, 0.717) is 26.2 Å². The predicted molar refractivity (Wildman–Crippen MR) is 49.0 cm³/mol. The summed E-state index contributed by atoms with van der Waals surface area (Å²) >= 11 is 0. The molecule has 7 heteroatoms. The summed E-state index contributed by atoms with van der Waals surface area (Å²) in [6.45, 7) is 1.91. The SMILES string of the molecule is [Cl][Co]([Cl])[Cl].[NH-]CC[N-]CC[NH-]. The first-order valence-corrected chi connectivity index (χ1v) is 7.01. The fourth-order valence-electron chi connectivity index (χ4n) is 0.270. The van der Waals surface area contributed by atoms with Crippen LogP contribution >= 0.6 is 30.4 Å². The molecule has 0 aliphatic carbocycles. The monoisotopic (exact) mass is 264 g/mol. The summed E-state index contributed by atoms with van der Waals surface area (Å²) in [5.74, 6) is 0. The number of hydrogen-bond acceptors (Lipinski definition) is 0. The summed E-state index contributed by atoms with van der Waals surface area (Å²) < 4.78 is 0. The second-order valence-electron chi connectivity index (χ2n) is 1.31. The molecule has 0 aromatic heterocycles. The number of rotatable bonds is 4. The molecule has 0 amide bonds. The average molecular weight is 265 g/mol. The average Bonchev–Trinajstić information content (AvgIpc) is 1.88. The van der Waals surface area contributed by atoms with Gasteiger partial charge in [0.05, 0.1) is 0 Å². The van der Waals surface area contributed by atoms with Gasteiger partial charge in [-0.1, -0.05) is 0 Å². The maximum absolute atomic E-state index is 6.63. The number of nitrogens with zero attached hydrogens (tertiary/aromatic N) is 1. The Morgan fingerprint density at radius 3 is 1.45 bits per heavy atom. The fourth-order valence-corrected chi connectivity index (χ4v) is 0.270. The van der Waals surface area contributed by atoms with Gasteiger partial charge in [-0.05, 0) is 0 Å². The Kier molecular flexibility index (Phi) is 18.5. The first-order valence-electron chi connectivity index (χ1n) is 2.72. The molecule has 0 spiro atoms. The fraction of sp³-hybridized carbons (Fsp3) is 1.00. The Labute approximate surface area is 84.2 Å². The first kappa shape index (κ1) is 14.8. The molecule has 0 saturated heterocycles. The Bertz CT molecular complexity index is 59.8. The van der Waals surface area contributed by atoms with Crippen LogP contribution in [0.15, 0.2) is 0 Å². The summed E-state index contributed by atoms with van der Waals surface area (Å²) in [5, 5.41) is 3.83. The molecule has 3 nitrogen and oxygen atoms in total. The van der Waals surface area contributed by atoms with E-state index in [9.17, 15) is 0 Å². The molecule has 0 rings (SSSR count). The molecule has 2 N–H and O–H groups in total. The molecule has 0 atom stereocenters. The zero-order valence-corrected chi connectivity index (χ0v) is 9.05. The van der Waals surface area contributed by atoms with Crippen LogP contribution in [0, 0.1) is 0 Å². The van der Waals surface area contributed by atoms with Crippen molar-refractivity contribution in [3.63, 3.8) is 0 Å². The zero-order chi connectivity index (χ0) is 9.11. The molecule has 11 heavy (non-hydrogen) atoms. The second kappa shape index (κ2) is 13.8. The van der Waals surface area contributed by atoms with Crippen molar-refractivity contribution >= 4 is 30.4 Å². The molecular formula is C4H10Cl3CoN3-3. The van der Waals surface area contributed by atoms with Crippen LogP contribution in [-0.4, -0.2) is 26.2 Å². The zero-order valence-electron chi connectivity index (χ0n) is 5.74. The maximum Gasteiger partial charge on any atom is -0.169 e.